The molecule has 0 amide bonds. The summed E-state index contributed by atoms with van der Waals surface area (Å²) in [5, 5.41) is 15.6. The number of benzene rings is 2. The summed E-state index contributed by atoms with van der Waals surface area (Å²) >= 11 is 0. The van der Waals surface area contributed by atoms with Gasteiger partial charge in [0.25, 0.3) is 0 Å². The Morgan fingerprint density at radius 1 is 0.850 bits per heavy atom. The van der Waals surface area contributed by atoms with Gasteiger partial charge in [-0.1, -0.05) is 18.2 Å². The molecular formula is C32H38N2O6. The molecule has 6 fully saturated rings. The molecule has 2 N–H and O–H groups in total. The van der Waals surface area contributed by atoms with Crippen LogP contribution in [-0.2, 0) is 15.6 Å². The molecule has 0 aromatic heterocycles. The van der Waals surface area contributed by atoms with Crippen molar-refractivity contribution in [2.45, 2.75) is 66.5 Å². The van der Waals surface area contributed by atoms with Gasteiger partial charge in [-0.05, 0) is 60.4 Å². The van der Waals surface area contributed by atoms with Gasteiger partial charge in [-0.3, -0.25) is 4.90 Å². The number of aliphatic hydroxyl groups is 1. The summed E-state index contributed by atoms with van der Waals surface area (Å²) in [6, 6.07) is 13.2. The summed E-state index contributed by atoms with van der Waals surface area (Å²) < 4.78 is 29.5. The molecule has 5 saturated heterocycles. The molecule has 9 rings (SSSR count). The van der Waals surface area contributed by atoms with E-state index in [2.05, 4.69) is 40.6 Å². The molecule has 7 aliphatic rings. The molecule has 1 saturated carbocycles. The highest BCUT2D eigenvalue weighted by molar-refractivity contribution is 5.55. The Bertz CT molecular complexity index is 1430. The van der Waals surface area contributed by atoms with E-state index >= 15 is 0 Å². The molecule has 5 aliphatic heterocycles. The summed E-state index contributed by atoms with van der Waals surface area (Å²) in [5.74, 6) is 2.05. The monoisotopic (exact) mass is 546 g/mol. The molecule has 8 heteroatoms. The molecular weight excluding hydrogens is 508 g/mol. The van der Waals surface area contributed by atoms with Gasteiger partial charge in [0.05, 0.1) is 28.4 Å². The second-order valence-corrected chi connectivity index (χ2v) is 12.5. The molecule has 1 unspecified atom stereocenters. The number of nitrogens with one attached hydrogen (secondary N) is 1. The SMILES string of the molecule is COc1ccc([C@@]23CCN4[C@@H]2C[C@@]2(O)C[C@@H]3C3=C[C@]5(c6ccc(OC)c(OC)c6)CCN[C@@H]5C[C@]34O2)cc1OC. The fourth-order valence-electron chi connectivity index (χ4n) is 9.76. The molecule has 2 aromatic carbocycles. The quantitative estimate of drug-likeness (QED) is 0.533. The first-order valence-electron chi connectivity index (χ1n) is 14.5. The number of methoxy groups -OCH3 is 4. The van der Waals surface area contributed by atoms with Crippen LogP contribution in [0.2, 0.25) is 0 Å². The van der Waals surface area contributed by atoms with Crippen LogP contribution < -0.4 is 24.3 Å². The minimum absolute atomic E-state index is 0.122. The molecule has 2 aliphatic carbocycles. The molecule has 5 heterocycles. The molecule has 0 radical (unpaired) electrons. The van der Waals surface area contributed by atoms with Crippen molar-refractivity contribution in [3.8, 4) is 23.0 Å². The van der Waals surface area contributed by atoms with Gasteiger partial charge in [-0.2, -0.15) is 0 Å². The molecule has 40 heavy (non-hydrogen) atoms. The van der Waals surface area contributed by atoms with Crippen molar-refractivity contribution in [2.75, 3.05) is 41.5 Å². The Kier molecular flexibility index (Phi) is 5.09. The van der Waals surface area contributed by atoms with E-state index in [-0.39, 0.29) is 28.8 Å². The molecule has 6 bridgehead atoms. The van der Waals surface area contributed by atoms with Gasteiger partial charge >= 0.3 is 0 Å². The highest BCUT2D eigenvalue weighted by Crippen LogP contribution is 2.71. The van der Waals surface area contributed by atoms with E-state index in [1.54, 1.807) is 28.4 Å². The molecule has 212 valence electrons. The van der Waals surface area contributed by atoms with E-state index in [1.807, 2.05) is 12.1 Å². The van der Waals surface area contributed by atoms with Gasteiger partial charge in [-0.15, -0.1) is 0 Å². The minimum atomic E-state index is -1.10. The Hall–Kier alpha value is -2.78. The summed E-state index contributed by atoms with van der Waals surface area (Å²) in [7, 11) is 6.75. The topological polar surface area (TPSA) is 81.7 Å². The molecule has 8 atom stereocenters. The predicted octanol–water partition coefficient (Wildman–Crippen LogP) is 3.50. The average Bonchev–Trinajstić information content (AvgIpc) is 3.55. The van der Waals surface area contributed by atoms with Gasteiger partial charge in [0.15, 0.2) is 28.8 Å². The van der Waals surface area contributed by atoms with Crippen molar-refractivity contribution in [1.29, 1.82) is 0 Å². The minimum Gasteiger partial charge on any atom is -0.493 e. The zero-order valence-corrected chi connectivity index (χ0v) is 23.7. The van der Waals surface area contributed by atoms with Crippen LogP contribution in [0.3, 0.4) is 0 Å². The summed E-state index contributed by atoms with van der Waals surface area (Å²) in [4.78, 5) is 2.60. The van der Waals surface area contributed by atoms with E-state index in [4.69, 9.17) is 23.7 Å². The molecule has 1 spiro atoms. The first-order valence-corrected chi connectivity index (χ1v) is 14.5. The van der Waals surface area contributed by atoms with Gasteiger partial charge in [-0.25, -0.2) is 0 Å². The lowest BCUT2D eigenvalue weighted by atomic mass is 9.49. The average molecular weight is 547 g/mol. The van der Waals surface area contributed by atoms with Gasteiger partial charge in [0.2, 0.25) is 0 Å². The van der Waals surface area contributed by atoms with Crippen molar-refractivity contribution < 1.29 is 28.8 Å². The van der Waals surface area contributed by atoms with E-state index in [0.717, 1.165) is 55.4 Å². The summed E-state index contributed by atoms with van der Waals surface area (Å²) in [6.07, 6.45) is 6.62. The van der Waals surface area contributed by atoms with Crippen molar-refractivity contribution in [3.63, 3.8) is 0 Å². The number of rotatable bonds is 6. The maximum atomic E-state index is 11.8. The summed E-state index contributed by atoms with van der Waals surface area (Å²) in [5.41, 5.74) is 2.95. The number of hydrogen-bond acceptors (Lipinski definition) is 8. The highest BCUT2D eigenvalue weighted by Gasteiger charge is 2.77. The maximum absolute atomic E-state index is 11.8. The Morgan fingerprint density at radius 2 is 1.52 bits per heavy atom. The molecule has 8 nitrogen and oxygen atoms in total. The van der Waals surface area contributed by atoms with Crippen LogP contribution in [0.25, 0.3) is 0 Å². The highest BCUT2D eigenvalue weighted by atomic mass is 16.7. The van der Waals surface area contributed by atoms with E-state index in [9.17, 15) is 5.11 Å². The van der Waals surface area contributed by atoms with Crippen molar-refractivity contribution in [2.24, 2.45) is 5.92 Å². The van der Waals surface area contributed by atoms with Gasteiger partial charge < -0.3 is 34.1 Å². The van der Waals surface area contributed by atoms with Crippen molar-refractivity contribution in [3.05, 3.63) is 59.2 Å². The number of ether oxygens (including phenoxy) is 5. The second kappa shape index (κ2) is 8.16. The Balaban J connectivity index is 1.33. The molecule has 2 aromatic rings. The third kappa shape index (κ3) is 2.85. The standard InChI is InChI=1S/C32H38N2O6/c1-36-23-7-5-19(13-25(23)38-3)29-9-11-33-27(29)17-32-22(15-29)21-16-30(35,40-32)18-28-31(21,10-12-34(28)32)20-6-8-24(37-2)26(14-20)39-4/h5-8,13-15,21,27-28,33,35H,9-12,16-18H2,1-4H3/t21-,27-,28-,29+,30-,31-,32+/m1/s1. The summed E-state index contributed by atoms with van der Waals surface area (Å²) in [6.45, 7) is 1.87. The van der Waals surface area contributed by atoms with Gasteiger partial charge in [0.1, 0.15) is 5.72 Å². The van der Waals surface area contributed by atoms with Crippen LogP contribution in [0.1, 0.15) is 43.2 Å². The number of hydrogen-bond donors (Lipinski definition) is 2. The van der Waals surface area contributed by atoms with Crippen molar-refractivity contribution in [1.82, 2.24) is 10.2 Å². The van der Waals surface area contributed by atoms with Gasteiger partial charge in [0, 0.05) is 54.6 Å². The number of nitrogens with zero attached hydrogens (tertiary/aromatic N) is 1. The lowest BCUT2D eigenvalue weighted by Gasteiger charge is -2.71. The number of fused-ring (bicyclic) bond motifs is 1. The van der Waals surface area contributed by atoms with E-state index in [0.29, 0.717) is 12.8 Å². The zero-order valence-electron chi connectivity index (χ0n) is 23.7. The van der Waals surface area contributed by atoms with Crippen molar-refractivity contribution >= 4 is 0 Å². The second-order valence-electron chi connectivity index (χ2n) is 12.5. The van der Waals surface area contributed by atoms with Crippen LogP contribution in [0.5, 0.6) is 23.0 Å². The number of piperidine rings is 1. The smallest absolute Gasteiger partial charge is 0.170 e. The lowest BCUT2D eigenvalue weighted by molar-refractivity contribution is -0.384. The van der Waals surface area contributed by atoms with Crippen LogP contribution in [0.15, 0.2) is 48.0 Å². The normalized spacial score (nSPS) is 41.8. The third-order valence-electron chi connectivity index (χ3n) is 11.3. The first kappa shape index (κ1) is 25.0. The van der Waals surface area contributed by atoms with Crippen LogP contribution >= 0.6 is 0 Å². The first-order chi connectivity index (χ1) is 19.4. The van der Waals surface area contributed by atoms with Crippen LogP contribution in [0, 0.1) is 5.92 Å². The lowest BCUT2D eigenvalue weighted by Crippen LogP contribution is -2.79. The Labute approximate surface area is 235 Å². The van der Waals surface area contributed by atoms with E-state index in [1.165, 1.54) is 16.7 Å². The maximum Gasteiger partial charge on any atom is 0.170 e. The van der Waals surface area contributed by atoms with Crippen LogP contribution in [0.4, 0.5) is 0 Å². The third-order valence-corrected chi connectivity index (χ3v) is 11.3. The van der Waals surface area contributed by atoms with E-state index < -0.39 is 11.5 Å². The predicted molar refractivity (Wildman–Crippen MR) is 148 cm³/mol. The zero-order chi connectivity index (χ0) is 27.5. The Morgan fingerprint density at radius 3 is 2.23 bits per heavy atom. The fourth-order valence-corrected chi connectivity index (χ4v) is 9.76. The largest absolute Gasteiger partial charge is 0.493 e. The fraction of sp³-hybridized carbons (Fsp3) is 0.562. The van der Waals surface area contributed by atoms with Crippen LogP contribution in [-0.4, -0.2) is 75.1 Å².